The monoisotopic (exact) mass is 252 g/mol. The standard InChI is InChI=1S/C15H28N2O/c1-15(9-3-2-4-10-15)17-14(18)11-12-5-7-13(16)8-6-12/h12-13H,2-11,16H2,1H3,(H,17,18). The second kappa shape index (κ2) is 6.05. The zero-order chi connectivity index (χ0) is 13.0. The van der Waals surface area contributed by atoms with E-state index < -0.39 is 0 Å². The average molecular weight is 252 g/mol. The molecule has 0 radical (unpaired) electrons. The molecule has 0 bridgehead atoms. The lowest BCUT2D eigenvalue weighted by molar-refractivity contribution is -0.124. The van der Waals surface area contributed by atoms with E-state index in [9.17, 15) is 4.79 Å². The second-order valence-electron chi connectivity index (χ2n) is 6.65. The highest BCUT2D eigenvalue weighted by Crippen LogP contribution is 2.29. The lowest BCUT2D eigenvalue weighted by atomic mass is 9.82. The Bertz CT molecular complexity index is 276. The van der Waals surface area contributed by atoms with Crippen LogP contribution in [0.4, 0.5) is 0 Å². The Morgan fingerprint density at radius 3 is 2.39 bits per heavy atom. The first-order chi connectivity index (χ1) is 8.57. The van der Waals surface area contributed by atoms with Crippen LogP contribution in [0.2, 0.25) is 0 Å². The summed E-state index contributed by atoms with van der Waals surface area (Å²) in [6, 6.07) is 0.375. The molecule has 18 heavy (non-hydrogen) atoms. The van der Waals surface area contributed by atoms with Crippen molar-refractivity contribution in [3.63, 3.8) is 0 Å². The van der Waals surface area contributed by atoms with Gasteiger partial charge in [0.1, 0.15) is 0 Å². The van der Waals surface area contributed by atoms with Gasteiger partial charge in [-0.2, -0.15) is 0 Å². The Labute approximate surface area is 111 Å². The molecule has 2 rings (SSSR count). The first kappa shape index (κ1) is 13.9. The van der Waals surface area contributed by atoms with Crippen LogP contribution >= 0.6 is 0 Å². The molecule has 2 aliphatic carbocycles. The fraction of sp³-hybridized carbons (Fsp3) is 0.933. The topological polar surface area (TPSA) is 55.1 Å². The number of nitrogens with one attached hydrogen (secondary N) is 1. The maximum absolute atomic E-state index is 12.1. The van der Waals surface area contributed by atoms with Gasteiger partial charge in [0.25, 0.3) is 0 Å². The summed E-state index contributed by atoms with van der Waals surface area (Å²) >= 11 is 0. The Kier molecular flexibility index (Phi) is 4.66. The van der Waals surface area contributed by atoms with Gasteiger partial charge in [0.15, 0.2) is 0 Å². The van der Waals surface area contributed by atoms with Crippen LogP contribution in [-0.2, 0) is 4.79 Å². The number of amides is 1. The van der Waals surface area contributed by atoms with Gasteiger partial charge in [0.05, 0.1) is 0 Å². The van der Waals surface area contributed by atoms with Gasteiger partial charge in [-0.3, -0.25) is 4.79 Å². The van der Waals surface area contributed by atoms with Gasteiger partial charge >= 0.3 is 0 Å². The summed E-state index contributed by atoms with van der Waals surface area (Å²) in [4.78, 5) is 12.1. The highest BCUT2D eigenvalue weighted by Gasteiger charge is 2.29. The van der Waals surface area contributed by atoms with Gasteiger partial charge in [-0.1, -0.05) is 19.3 Å². The van der Waals surface area contributed by atoms with Crippen molar-refractivity contribution < 1.29 is 4.79 Å². The first-order valence-corrected chi connectivity index (χ1v) is 7.64. The van der Waals surface area contributed by atoms with E-state index in [1.165, 1.54) is 19.3 Å². The Hall–Kier alpha value is -0.570. The van der Waals surface area contributed by atoms with E-state index in [0.717, 1.165) is 38.5 Å². The molecule has 0 aromatic rings. The van der Waals surface area contributed by atoms with Crippen molar-refractivity contribution in [3.8, 4) is 0 Å². The predicted octanol–water partition coefficient (Wildman–Crippen LogP) is 2.73. The Morgan fingerprint density at radius 2 is 1.78 bits per heavy atom. The van der Waals surface area contributed by atoms with Crippen molar-refractivity contribution in [2.45, 2.75) is 82.7 Å². The van der Waals surface area contributed by atoms with E-state index in [-0.39, 0.29) is 11.4 Å². The fourth-order valence-electron chi connectivity index (χ4n) is 3.50. The van der Waals surface area contributed by atoms with Crippen molar-refractivity contribution in [1.29, 1.82) is 0 Å². The minimum Gasteiger partial charge on any atom is -0.351 e. The average Bonchev–Trinajstić information content (AvgIpc) is 2.32. The highest BCUT2D eigenvalue weighted by molar-refractivity contribution is 5.77. The smallest absolute Gasteiger partial charge is 0.220 e. The molecule has 0 atom stereocenters. The van der Waals surface area contributed by atoms with Crippen LogP contribution in [-0.4, -0.2) is 17.5 Å². The van der Waals surface area contributed by atoms with Gasteiger partial charge < -0.3 is 11.1 Å². The molecule has 0 aromatic carbocycles. The molecule has 3 N–H and O–H groups in total. The Morgan fingerprint density at radius 1 is 1.17 bits per heavy atom. The van der Waals surface area contributed by atoms with Crippen molar-refractivity contribution in [2.24, 2.45) is 11.7 Å². The minimum absolute atomic E-state index is 0.0698. The van der Waals surface area contributed by atoms with Crippen LogP contribution in [0.3, 0.4) is 0 Å². The number of rotatable bonds is 3. The summed E-state index contributed by atoms with van der Waals surface area (Å²) in [7, 11) is 0. The van der Waals surface area contributed by atoms with Crippen molar-refractivity contribution in [3.05, 3.63) is 0 Å². The summed E-state index contributed by atoms with van der Waals surface area (Å²) < 4.78 is 0. The Balaban J connectivity index is 1.74. The van der Waals surface area contributed by atoms with Gasteiger partial charge in [0, 0.05) is 18.0 Å². The normalized spacial score (nSPS) is 31.9. The van der Waals surface area contributed by atoms with Crippen LogP contribution in [0.25, 0.3) is 0 Å². The SMILES string of the molecule is CC1(NC(=O)CC2CCC(N)CC2)CCCCC1. The van der Waals surface area contributed by atoms with Gasteiger partial charge in [-0.25, -0.2) is 0 Å². The summed E-state index contributed by atoms with van der Waals surface area (Å²) in [5.74, 6) is 0.830. The van der Waals surface area contributed by atoms with Crippen LogP contribution in [0.1, 0.15) is 71.1 Å². The number of nitrogens with two attached hydrogens (primary N) is 1. The molecule has 0 saturated heterocycles. The maximum Gasteiger partial charge on any atom is 0.220 e. The number of carbonyl (C=O) groups excluding carboxylic acids is 1. The van der Waals surface area contributed by atoms with Crippen molar-refractivity contribution >= 4 is 5.91 Å². The third-order valence-corrected chi connectivity index (χ3v) is 4.76. The largest absolute Gasteiger partial charge is 0.351 e. The molecule has 3 nitrogen and oxygen atoms in total. The van der Waals surface area contributed by atoms with Crippen molar-refractivity contribution in [1.82, 2.24) is 5.32 Å². The molecule has 2 saturated carbocycles. The predicted molar refractivity (Wildman–Crippen MR) is 74.2 cm³/mol. The van der Waals surface area contributed by atoms with Crippen molar-refractivity contribution in [2.75, 3.05) is 0 Å². The molecule has 0 unspecified atom stereocenters. The van der Waals surface area contributed by atoms with Crippen LogP contribution < -0.4 is 11.1 Å². The molecule has 0 aromatic heterocycles. The molecule has 104 valence electrons. The van der Waals surface area contributed by atoms with E-state index in [4.69, 9.17) is 5.73 Å². The molecule has 0 heterocycles. The summed E-state index contributed by atoms with van der Waals surface area (Å²) in [5.41, 5.74) is 5.97. The fourth-order valence-corrected chi connectivity index (χ4v) is 3.50. The molecular formula is C15H28N2O. The summed E-state index contributed by atoms with van der Waals surface area (Å²) in [5, 5.41) is 3.28. The third-order valence-electron chi connectivity index (χ3n) is 4.76. The van der Waals surface area contributed by atoms with Crippen LogP contribution in [0.15, 0.2) is 0 Å². The van der Waals surface area contributed by atoms with Gasteiger partial charge in [0.2, 0.25) is 5.91 Å². The van der Waals surface area contributed by atoms with E-state index in [1.54, 1.807) is 0 Å². The van der Waals surface area contributed by atoms with E-state index in [0.29, 0.717) is 18.4 Å². The molecule has 0 aliphatic heterocycles. The maximum atomic E-state index is 12.1. The number of hydrogen-bond acceptors (Lipinski definition) is 2. The van der Waals surface area contributed by atoms with Gasteiger partial charge in [-0.15, -0.1) is 0 Å². The van der Waals surface area contributed by atoms with Crippen LogP contribution in [0.5, 0.6) is 0 Å². The van der Waals surface area contributed by atoms with Gasteiger partial charge in [-0.05, 0) is 51.4 Å². The minimum atomic E-state index is 0.0698. The third kappa shape index (κ3) is 3.98. The van der Waals surface area contributed by atoms with Crippen LogP contribution in [0, 0.1) is 5.92 Å². The molecule has 1 amide bonds. The second-order valence-corrected chi connectivity index (χ2v) is 6.65. The van der Waals surface area contributed by atoms with E-state index in [1.807, 2.05) is 0 Å². The van der Waals surface area contributed by atoms with E-state index in [2.05, 4.69) is 12.2 Å². The highest BCUT2D eigenvalue weighted by atomic mass is 16.1. The zero-order valence-corrected chi connectivity index (χ0v) is 11.7. The molecule has 2 fully saturated rings. The summed E-state index contributed by atoms with van der Waals surface area (Å²) in [6.07, 6.45) is 11.3. The molecular weight excluding hydrogens is 224 g/mol. The zero-order valence-electron chi connectivity index (χ0n) is 11.7. The molecule has 0 spiro atoms. The quantitative estimate of drug-likeness (QED) is 0.811. The summed E-state index contributed by atoms with van der Waals surface area (Å²) in [6.45, 7) is 2.21. The van der Waals surface area contributed by atoms with E-state index >= 15 is 0 Å². The molecule has 2 aliphatic rings. The number of hydrogen-bond donors (Lipinski definition) is 2. The number of carbonyl (C=O) groups is 1. The first-order valence-electron chi connectivity index (χ1n) is 7.64. The lowest BCUT2D eigenvalue weighted by Gasteiger charge is -2.35. The lowest BCUT2D eigenvalue weighted by Crippen LogP contribution is -2.47. The molecule has 3 heteroatoms.